The minimum atomic E-state index is -0.312. The molecule has 0 bridgehead atoms. The Labute approximate surface area is 168 Å². The molecule has 0 saturated heterocycles. The molecule has 0 unspecified atom stereocenters. The Morgan fingerprint density at radius 2 is 1.75 bits per heavy atom. The lowest BCUT2D eigenvalue weighted by atomic mass is 10.1. The SMILES string of the molecule is CC(C)Oc1ccc(NC(=O)CCCN2C(=O)c3ccccc3C2=O)cc1Cl. The highest BCUT2D eigenvalue weighted by molar-refractivity contribution is 6.32. The molecule has 1 heterocycles. The van der Waals surface area contributed by atoms with Crippen molar-refractivity contribution in [3.63, 3.8) is 0 Å². The fourth-order valence-electron chi connectivity index (χ4n) is 2.99. The van der Waals surface area contributed by atoms with Crippen LogP contribution in [-0.4, -0.2) is 35.3 Å². The lowest BCUT2D eigenvalue weighted by molar-refractivity contribution is -0.116. The van der Waals surface area contributed by atoms with E-state index in [0.717, 1.165) is 0 Å². The number of anilines is 1. The molecule has 3 rings (SSSR count). The first kappa shape index (κ1) is 19.9. The normalized spacial score (nSPS) is 13.1. The van der Waals surface area contributed by atoms with Crippen LogP contribution in [0.4, 0.5) is 5.69 Å². The van der Waals surface area contributed by atoms with Crippen LogP contribution in [0.25, 0.3) is 0 Å². The standard InChI is InChI=1S/C21H21ClN2O4/c1-13(2)28-18-10-9-14(12-17(18)22)23-19(25)8-5-11-24-20(26)15-6-3-4-7-16(15)21(24)27/h3-4,6-7,9-10,12-13H,5,8,11H2,1-2H3,(H,23,25). The molecule has 3 amide bonds. The molecule has 1 aliphatic rings. The quantitative estimate of drug-likeness (QED) is 0.708. The highest BCUT2D eigenvalue weighted by atomic mass is 35.5. The number of rotatable bonds is 7. The first-order valence-electron chi connectivity index (χ1n) is 9.08. The third-order valence-corrected chi connectivity index (χ3v) is 4.54. The lowest BCUT2D eigenvalue weighted by Crippen LogP contribution is -2.31. The number of halogens is 1. The van der Waals surface area contributed by atoms with Gasteiger partial charge in [-0.1, -0.05) is 23.7 Å². The predicted molar refractivity (Wildman–Crippen MR) is 107 cm³/mol. The maximum atomic E-state index is 12.3. The summed E-state index contributed by atoms with van der Waals surface area (Å²) in [6, 6.07) is 11.8. The molecule has 0 atom stereocenters. The molecular formula is C21H21ClN2O4. The number of nitrogens with zero attached hydrogens (tertiary/aromatic N) is 1. The number of fused-ring (bicyclic) bond motifs is 1. The predicted octanol–water partition coefficient (Wildman–Crippen LogP) is 4.14. The topological polar surface area (TPSA) is 75.7 Å². The fourth-order valence-corrected chi connectivity index (χ4v) is 3.22. The van der Waals surface area contributed by atoms with Gasteiger partial charge in [-0.15, -0.1) is 0 Å². The second kappa shape index (κ2) is 8.44. The highest BCUT2D eigenvalue weighted by Crippen LogP contribution is 2.28. The van der Waals surface area contributed by atoms with E-state index >= 15 is 0 Å². The summed E-state index contributed by atoms with van der Waals surface area (Å²) in [6.07, 6.45) is 0.551. The van der Waals surface area contributed by atoms with Crippen molar-refractivity contribution >= 4 is 35.0 Å². The largest absolute Gasteiger partial charge is 0.489 e. The van der Waals surface area contributed by atoms with E-state index in [2.05, 4.69) is 5.32 Å². The molecule has 0 aliphatic carbocycles. The Hall–Kier alpha value is -2.86. The molecule has 2 aromatic rings. The first-order chi connectivity index (χ1) is 13.4. The van der Waals surface area contributed by atoms with E-state index in [1.807, 2.05) is 13.8 Å². The van der Waals surface area contributed by atoms with Crippen molar-refractivity contribution in [3.05, 3.63) is 58.6 Å². The van der Waals surface area contributed by atoms with Gasteiger partial charge in [0, 0.05) is 18.7 Å². The Kier molecular flexibility index (Phi) is 5.99. The van der Waals surface area contributed by atoms with Crippen LogP contribution in [0, 0.1) is 0 Å². The van der Waals surface area contributed by atoms with Crippen molar-refractivity contribution in [2.45, 2.75) is 32.8 Å². The maximum absolute atomic E-state index is 12.3. The van der Waals surface area contributed by atoms with Crippen LogP contribution in [0.2, 0.25) is 5.02 Å². The number of nitrogens with one attached hydrogen (secondary N) is 1. The van der Waals surface area contributed by atoms with Crippen LogP contribution in [0.3, 0.4) is 0 Å². The third-order valence-electron chi connectivity index (χ3n) is 4.24. The number of amides is 3. The summed E-state index contributed by atoms with van der Waals surface area (Å²) in [5.74, 6) is -0.285. The minimum absolute atomic E-state index is 0.0000810. The zero-order chi connectivity index (χ0) is 20.3. The molecule has 28 heavy (non-hydrogen) atoms. The molecule has 6 nitrogen and oxygen atoms in total. The lowest BCUT2D eigenvalue weighted by Gasteiger charge is -2.14. The Morgan fingerprint density at radius 3 is 2.32 bits per heavy atom. The molecule has 2 aromatic carbocycles. The average Bonchev–Trinajstić information content (AvgIpc) is 2.89. The number of hydrogen-bond acceptors (Lipinski definition) is 4. The monoisotopic (exact) mass is 400 g/mol. The number of carbonyl (C=O) groups excluding carboxylic acids is 3. The molecule has 0 spiro atoms. The number of imide groups is 1. The summed E-state index contributed by atoms with van der Waals surface area (Å²) in [5, 5.41) is 3.18. The van der Waals surface area contributed by atoms with Gasteiger partial charge in [-0.25, -0.2) is 0 Å². The van der Waals surface area contributed by atoms with E-state index in [4.69, 9.17) is 16.3 Å². The number of benzene rings is 2. The maximum Gasteiger partial charge on any atom is 0.261 e. The second-order valence-electron chi connectivity index (χ2n) is 6.77. The summed E-state index contributed by atoms with van der Waals surface area (Å²) in [5.41, 5.74) is 1.39. The molecule has 0 aromatic heterocycles. The summed E-state index contributed by atoms with van der Waals surface area (Å²) in [7, 11) is 0. The first-order valence-corrected chi connectivity index (χ1v) is 9.46. The van der Waals surface area contributed by atoms with Gasteiger partial charge < -0.3 is 10.1 Å². The van der Waals surface area contributed by atoms with Crippen LogP contribution in [0.15, 0.2) is 42.5 Å². The van der Waals surface area contributed by atoms with Crippen LogP contribution in [0.1, 0.15) is 47.4 Å². The molecule has 0 radical (unpaired) electrons. The van der Waals surface area contributed by atoms with Gasteiger partial charge in [-0.2, -0.15) is 0 Å². The van der Waals surface area contributed by atoms with Crippen molar-refractivity contribution in [1.29, 1.82) is 0 Å². The summed E-state index contributed by atoms with van der Waals surface area (Å²) in [6.45, 7) is 4.00. The van der Waals surface area contributed by atoms with E-state index in [9.17, 15) is 14.4 Å². The van der Waals surface area contributed by atoms with E-state index in [0.29, 0.717) is 34.0 Å². The average molecular weight is 401 g/mol. The van der Waals surface area contributed by atoms with E-state index < -0.39 is 0 Å². The van der Waals surface area contributed by atoms with Crippen molar-refractivity contribution in [2.24, 2.45) is 0 Å². The van der Waals surface area contributed by atoms with Gasteiger partial charge in [-0.05, 0) is 50.6 Å². The summed E-state index contributed by atoms with van der Waals surface area (Å²) < 4.78 is 5.56. The van der Waals surface area contributed by atoms with Gasteiger partial charge >= 0.3 is 0 Å². The van der Waals surface area contributed by atoms with Gasteiger partial charge in [0.2, 0.25) is 5.91 Å². The second-order valence-corrected chi connectivity index (χ2v) is 7.18. The highest BCUT2D eigenvalue weighted by Gasteiger charge is 2.34. The van der Waals surface area contributed by atoms with Gasteiger partial charge in [0.05, 0.1) is 22.3 Å². The Bertz CT molecular complexity index is 891. The zero-order valence-corrected chi connectivity index (χ0v) is 16.5. The van der Waals surface area contributed by atoms with Crippen molar-refractivity contribution in [1.82, 2.24) is 4.90 Å². The van der Waals surface area contributed by atoms with Crippen molar-refractivity contribution in [2.75, 3.05) is 11.9 Å². The summed E-state index contributed by atoms with van der Waals surface area (Å²) >= 11 is 6.17. The van der Waals surface area contributed by atoms with E-state index in [1.165, 1.54) is 4.90 Å². The molecule has 7 heteroatoms. The number of hydrogen-bond donors (Lipinski definition) is 1. The van der Waals surface area contributed by atoms with E-state index in [1.54, 1.807) is 42.5 Å². The van der Waals surface area contributed by atoms with Gasteiger partial charge in [0.15, 0.2) is 0 Å². The fraction of sp³-hybridized carbons (Fsp3) is 0.286. The Morgan fingerprint density at radius 1 is 1.11 bits per heavy atom. The zero-order valence-electron chi connectivity index (χ0n) is 15.7. The van der Waals surface area contributed by atoms with Crippen LogP contribution in [0.5, 0.6) is 5.75 Å². The molecule has 0 saturated carbocycles. The molecule has 0 fully saturated rings. The van der Waals surface area contributed by atoms with E-state index in [-0.39, 0.29) is 36.8 Å². The van der Waals surface area contributed by atoms with Crippen LogP contribution >= 0.6 is 11.6 Å². The minimum Gasteiger partial charge on any atom is -0.489 e. The van der Waals surface area contributed by atoms with Crippen molar-refractivity contribution < 1.29 is 19.1 Å². The van der Waals surface area contributed by atoms with Crippen LogP contribution in [-0.2, 0) is 4.79 Å². The van der Waals surface area contributed by atoms with Gasteiger partial charge in [0.1, 0.15) is 5.75 Å². The van der Waals surface area contributed by atoms with Gasteiger partial charge in [-0.3, -0.25) is 19.3 Å². The molecule has 146 valence electrons. The molecular weight excluding hydrogens is 380 g/mol. The Balaban J connectivity index is 1.51. The number of carbonyl (C=O) groups is 3. The third kappa shape index (κ3) is 4.34. The van der Waals surface area contributed by atoms with Crippen molar-refractivity contribution in [3.8, 4) is 5.75 Å². The smallest absolute Gasteiger partial charge is 0.261 e. The van der Waals surface area contributed by atoms with Gasteiger partial charge in [0.25, 0.3) is 11.8 Å². The number of ether oxygens (including phenoxy) is 1. The summed E-state index contributed by atoms with van der Waals surface area (Å²) in [4.78, 5) is 38.0. The molecule has 1 aliphatic heterocycles. The molecule has 1 N–H and O–H groups in total. The van der Waals surface area contributed by atoms with Crippen LogP contribution < -0.4 is 10.1 Å².